The number of ether oxygens (including phenoxy) is 3. The van der Waals surface area contributed by atoms with Gasteiger partial charge in [0.25, 0.3) is 10.0 Å². The van der Waals surface area contributed by atoms with Gasteiger partial charge in [-0.3, -0.25) is 4.31 Å². The Balaban J connectivity index is 2.62. The molecule has 0 saturated heterocycles. The minimum atomic E-state index is -3.91. The molecule has 9 heteroatoms. The predicted molar refractivity (Wildman–Crippen MR) is 103 cm³/mol. The maximum atomic E-state index is 13.2. The van der Waals surface area contributed by atoms with Gasteiger partial charge in [0.1, 0.15) is 17.2 Å². The largest absolute Gasteiger partial charge is 0.495 e. The molecule has 0 bridgehead atoms. The zero-order valence-electron chi connectivity index (χ0n) is 14.7. The zero-order chi connectivity index (χ0) is 19.5. The average Bonchev–Trinajstić information content (AvgIpc) is 2.62. The van der Waals surface area contributed by atoms with E-state index in [-0.39, 0.29) is 16.5 Å². The smallest absolute Gasteiger partial charge is 0.264 e. The first-order valence-electron chi connectivity index (χ1n) is 7.57. The summed E-state index contributed by atoms with van der Waals surface area (Å²) in [6.45, 7) is 1.87. The van der Waals surface area contributed by atoms with Gasteiger partial charge < -0.3 is 14.2 Å². The molecule has 0 radical (unpaired) electrons. The highest BCUT2D eigenvalue weighted by Crippen LogP contribution is 2.40. The second-order valence-electron chi connectivity index (χ2n) is 5.12. The summed E-state index contributed by atoms with van der Waals surface area (Å²) in [6, 6.07) is 7.31. The molecule has 2 rings (SSSR count). The molecule has 0 amide bonds. The molecule has 0 aliphatic carbocycles. The van der Waals surface area contributed by atoms with E-state index in [1.54, 1.807) is 6.92 Å². The van der Waals surface area contributed by atoms with E-state index in [9.17, 15) is 8.42 Å². The molecule has 0 N–H and O–H groups in total. The van der Waals surface area contributed by atoms with E-state index >= 15 is 0 Å². The number of halogens is 2. The lowest BCUT2D eigenvalue weighted by Crippen LogP contribution is -2.31. The van der Waals surface area contributed by atoms with E-state index in [1.165, 1.54) is 56.0 Å². The number of sulfonamides is 1. The highest BCUT2D eigenvalue weighted by molar-refractivity contribution is 7.92. The zero-order valence-corrected chi connectivity index (χ0v) is 17.1. The van der Waals surface area contributed by atoms with Gasteiger partial charge >= 0.3 is 0 Å². The molecule has 0 aliphatic rings. The number of rotatable bonds is 7. The lowest BCUT2D eigenvalue weighted by atomic mass is 10.2. The third-order valence-corrected chi connectivity index (χ3v) is 6.20. The Morgan fingerprint density at radius 3 is 1.96 bits per heavy atom. The summed E-state index contributed by atoms with van der Waals surface area (Å²) in [5, 5.41) is 0.513. The van der Waals surface area contributed by atoms with Crippen molar-refractivity contribution in [3.05, 3.63) is 40.4 Å². The van der Waals surface area contributed by atoms with Crippen LogP contribution in [0.15, 0.2) is 35.2 Å². The van der Waals surface area contributed by atoms with E-state index in [4.69, 9.17) is 37.4 Å². The van der Waals surface area contributed by atoms with Crippen LogP contribution < -0.4 is 18.5 Å². The van der Waals surface area contributed by atoms with Gasteiger partial charge in [-0.05, 0) is 25.1 Å². The predicted octanol–water partition coefficient (Wildman–Crippen LogP) is 4.23. The molecule has 2 aromatic rings. The average molecular weight is 420 g/mol. The summed E-state index contributed by atoms with van der Waals surface area (Å²) in [7, 11) is 0.436. The van der Waals surface area contributed by atoms with Crippen LogP contribution in [0.4, 0.5) is 5.69 Å². The quantitative estimate of drug-likeness (QED) is 0.671. The van der Waals surface area contributed by atoms with Gasteiger partial charge in [0, 0.05) is 18.7 Å². The monoisotopic (exact) mass is 419 g/mol. The second kappa shape index (κ2) is 8.24. The molecule has 142 valence electrons. The lowest BCUT2D eigenvalue weighted by molar-refractivity contribution is 0.404. The fourth-order valence-corrected chi connectivity index (χ4v) is 4.50. The Morgan fingerprint density at radius 1 is 0.885 bits per heavy atom. The van der Waals surface area contributed by atoms with Gasteiger partial charge in [0.15, 0.2) is 0 Å². The Morgan fingerprint density at radius 2 is 1.46 bits per heavy atom. The molecule has 0 aliphatic heterocycles. The summed E-state index contributed by atoms with van der Waals surface area (Å²) in [5.41, 5.74) is 0.309. The van der Waals surface area contributed by atoms with E-state index in [0.29, 0.717) is 28.0 Å². The van der Waals surface area contributed by atoms with Crippen LogP contribution in [0.3, 0.4) is 0 Å². The number of benzene rings is 2. The SMILES string of the molecule is CCN(c1cc(OC)c(Cl)cc1OC)S(=O)(=O)c1ccc(OC)c(Cl)c1. The molecule has 0 saturated carbocycles. The van der Waals surface area contributed by atoms with Gasteiger partial charge in [-0.15, -0.1) is 0 Å². The van der Waals surface area contributed by atoms with Gasteiger partial charge in [0.05, 0.1) is 42.0 Å². The first-order valence-corrected chi connectivity index (χ1v) is 9.77. The fourth-order valence-electron chi connectivity index (χ4n) is 2.44. The molecule has 0 unspecified atom stereocenters. The van der Waals surface area contributed by atoms with Crippen molar-refractivity contribution in [3.63, 3.8) is 0 Å². The van der Waals surface area contributed by atoms with Crippen LogP contribution in [0.1, 0.15) is 6.92 Å². The van der Waals surface area contributed by atoms with Crippen LogP contribution in [-0.2, 0) is 10.0 Å². The Hall–Kier alpha value is -1.83. The highest BCUT2D eigenvalue weighted by atomic mass is 35.5. The molecule has 6 nitrogen and oxygen atoms in total. The normalized spacial score (nSPS) is 11.2. The minimum absolute atomic E-state index is 0.0288. The molecule has 26 heavy (non-hydrogen) atoms. The molecule has 0 aromatic heterocycles. The van der Waals surface area contributed by atoms with Crippen LogP contribution in [0.25, 0.3) is 0 Å². The van der Waals surface area contributed by atoms with E-state index in [0.717, 1.165) is 0 Å². The molecule has 0 heterocycles. The number of anilines is 1. The van der Waals surface area contributed by atoms with E-state index in [1.807, 2.05) is 0 Å². The molecular formula is C17H19Cl2NO5S. The van der Waals surface area contributed by atoms with Crippen molar-refractivity contribution in [1.82, 2.24) is 0 Å². The first kappa shape index (κ1) is 20.5. The summed E-state index contributed by atoms with van der Waals surface area (Å²) < 4.78 is 43.1. The van der Waals surface area contributed by atoms with Crippen molar-refractivity contribution >= 4 is 38.9 Å². The standard InChI is InChI=1S/C17H19Cl2NO5S/c1-5-20(14-10-16(24-3)13(19)9-17(14)25-4)26(21,22)11-6-7-15(23-2)12(18)8-11/h6-10H,5H2,1-4H3. The van der Waals surface area contributed by atoms with Gasteiger partial charge in [-0.1, -0.05) is 23.2 Å². The van der Waals surface area contributed by atoms with E-state index < -0.39 is 10.0 Å². The molecule has 0 atom stereocenters. The summed E-state index contributed by atoms with van der Waals surface area (Å²) in [6.07, 6.45) is 0. The van der Waals surface area contributed by atoms with Gasteiger partial charge in [0.2, 0.25) is 0 Å². The summed E-state index contributed by atoms with van der Waals surface area (Å²) in [4.78, 5) is 0.0288. The van der Waals surface area contributed by atoms with Crippen LogP contribution in [0, 0.1) is 0 Å². The van der Waals surface area contributed by atoms with Crippen molar-refractivity contribution in [3.8, 4) is 17.2 Å². The third kappa shape index (κ3) is 3.79. The summed E-state index contributed by atoms with van der Waals surface area (Å²) in [5.74, 6) is 1.03. The van der Waals surface area contributed by atoms with Gasteiger partial charge in [-0.2, -0.15) is 0 Å². The topological polar surface area (TPSA) is 65.1 Å². The van der Waals surface area contributed by atoms with Crippen molar-refractivity contribution in [2.24, 2.45) is 0 Å². The number of hydrogen-bond acceptors (Lipinski definition) is 5. The lowest BCUT2D eigenvalue weighted by Gasteiger charge is -2.25. The van der Waals surface area contributed by atoms with Crippen LogP contribution in [0.2, 0.25) is 10.0 Å². The van der Waals surface area contributed by atoms with Crippen LogP contribution >= 0.6 is 23.2 Å². The summed E-state index contributed by atoms with van der Waals surface area (Å²) >= 11 is 12.2. The van der Waals surface area contributed by atoms with E-state index in [2.05, 4.69) is 0 Å². The first-order chi connectivity index (χ1) is 12.3. The van der Waals surface area contributed by atoms with Crippen LogP contribution in [0.5, 0.6) is 17.2 Å². The van der Waals surface area contributed by atoms with Crippen molar-refractivity contribution < 1.29 is 22.6 Å². The van der Waals surface area contributed by atoms with Crippen LogP contribution in [-0.4, -0.2) is 36.3 Å². The molecule has 2 aromatic carbocycles. The fraction of sp³-hybridized carbons (Fsp3) is 0.294. The Bertz CT molecular complexity index is 902. The maximum absolute atomic E-state index is 13.2. The number of hydrogen-bond donors (Lipinski definition) is 0. The molecular weight excluding hydrogens is 401 g/mol. The number of nitrogens with zero attached hydrogens (tertiary/aromatic N) is 1. The third-order valence-electron chi connectivity index (χ3n) is 3.72. The second-order valence-corrected chi connectivity index (χ2v) is 7.80. The highest BCUT2D eigenvalue weighted by Gasteiger charge is 2.28. The molecule has 0 fully saturated rings. The van der Waals surface area contributed by atoms with Gasteiger partial charge in [-0.25, -0.2) is 8.42 Å². The number of methoxy groups -OCH3 is 3. The van der Waals surface area contributed by atoms with Crippen molar-refractivity contribution in [2.45, 2.75) is 11.8 Å². The minimum Gasteiger partial charge on any atom is -0.495 e. The Kier molecular flexibility index (Phi) is 6.49. The Labute approximate surface area is 163 Å². The molecule has 0 spiro atoms. The van der Waals surface area contributed by atoms with Crippen molar-refractivity contribution in [1.29, 1.82) is 0 Å². The van der Waals surface area contributed by atoms with Crippen molar-refractivity contribution in [2.75, 3.05) is 32.2 Å². The maximum Gasteiger partial charge on any atom is 0.264 e.